The number of aromatic nitrogens is 1. The zero-order valence-electron chi connectivity index (χ0n) is 12.5. The van der Waals surface area contributed by atoms with Crippen LogP contribution in [0.15, 0.2) is 4.21 Å². The highest BCUT2D eigenvalue weighted by atomic mass is 35.5. The molecule has 5 nitrogen and oxygen atoms in total. The standard InChI is InChI=1S/C13H23N3O2S2.ClH/c1-9-13(19-10(2)15-9)20(17,18)16-12(8-14)11-6-4-3-5-7-11;/h11-12,16H,3-8,14H2,1-2H3;1H. The lowest BCUT2D eigenvalue weighted by atomic mass is 9.84. The molecule has 21 heavy (non-hydrogen) atoms. The van der Waals surface area contributed by atoms with Gasteiger partial charge >= 0.3 is 0 Å². The Kier molecular flexibility index (Phi) is 7.06. The molecular formula is C13H24ClN3O2S2. The fourth-order valence-electron chi connectivity index (χ4n) is 2.89. The Hall–Kier alpha value is -0.210. The number of rotatable bonds is 5. The van der Waals surface area contributed by atoms with Crippen molar-refractivity contribution in [1.82, 2.24) is 9.71 Å². The fraction of sp³-hybridized carbons (Fsp3) is 0.769. The van der Waals surface area contributed by atoms with Crippen LogP contribution in [0, 0.1) is 19.8 Å². The maximum atomic E-state index is 12.5. The summed E-state index contributed by atoms with van der Waals surface area (Å²) in [5.74, 6) is 0.359. The molecule has 0 aromatic carbocycles. The number of nitrogens with one attached hydrogen (secondary N) is 1. The minimum atomic E-state index is -3.50. The number of hydrogen-bond acceptors (Lipinski definition) is 5. The Labute approximate surface area is 137 Å². The average molecular weight is 354 g/mol. The van der Waals surface area contributed by atoms with Crippen molar-refractivity contribution in [3.05, 3.63) is 10.7 Å². The molecule has 0 aliphatic heterocycles. The normalized spacial score (nSPS) is 18.2. The summed E-state index contributed by atoms with van der Waals surface area (Å²) in [6.45, 7) is 3.90. The first-order chi connectivity index (χ1) is 9.44. The monoisotopic (exact) mass is 353 g/mol. The second kappa shape index (κ2) is 7.87. The Bertz CT molecular complexity index is 554. The first kappa shape index (κ1) is 18.8. The third-order valence-electron chi connectivity index (χ3n) is 3.88. The van der Waals surface area contributed by atoms with Crippen molar-refractivity contribution in [2.24, 2.45) is 11.7 Å². The minimum Gasteiger partial charge on any atom is -0.329 e. The molecule has 1 atom stereocenters. The first-order valence-electron chi connectivity index (χ1n) is 7.10. The van der Waals surface area contributed by atoms with E-state index in [9.17, 15) is 8.42 Å². The molecule has 122 valence electrons. The van der Waals surface area contributed by atoms with E-state index in [0.29, 0.717) is 22.4 Å². The zero-order chi connectivity index (χ0) is 14.8. The van der Waals surface area contributed by atoms with Crippen LogP contribution in [0.3, 0.4) is 0 Å². The van der Waals surface area contributed by atoms with Gasteiger partial charge in [-0.15, -0.1) is 23.7 Å². The van der Waals surface area contributed by atoms with Gasteiger partial charge in [0.1, 0.15) is 0 Å². The smallest absolute Gasteiger partial charge is 0.252 e. The summed E-state index contributed by atoms with van der Waals surface area (Å²) in [6, 6.07) is -0.165. The fourth-order valence-corrected chi connectivity index (χ4v) is 5.71. The van der Waals surface area contributed by atoms with E-state index in [4.69, 9.17) is 5.73 Å². The number of halogens is 1. The predicted octanol–water partition coefficient (Wildman–Crippen LogP) is 2.37. The number of thiazole rings is 1. The molecule has 1 aromatic rings. The molecule has 0 spiro atoms. The van der Waals surface area contributed by atoms with E-state index >= 15 is 0 Å². The second-order valence-electron chi connectivity index (χ2n) is 5.47. The van der Waals surface area contributed by atoms with E-state index in [1.54, 1.807) is 6.92 Å². The summed E-state index contributed by atoms with van der Waals surface area (Å²) in [5, 5.41) is 0.768. The van der Waals surface area contributed by atoms with Gasteiger partial charge in [0, 0.05) is 12.6 Å². The van der Waals surface area contributed by atoms with Gasteiger partial charge in [-0.2, -0.15) is 0 Å². The lowest BCUT2D eigenvalue weighted by Gasteiger charge is -2.29. The number of aryl methyl sites for hydroxylation is 2. The van der Waals surface area contributed by atoms with Gasteiger partial charge in [-0.05, 0) is 32.6 Å². The van der Waals surface area contributed by atoms with Crippen molar-refractivity contribution < 1.29 is 8.42 Å². The van der Waals surface area contributed by atoms with Crippen molar-refractivity contribution in [2.75, 3.05) is 6.54 Å². The molecule has 2 rings (SSSR count). The zero-order valence-corrected chi connectivity index (χ0v) is 14.9. The van der Waals surface area contributed by atoms with Gasteiger partial charge in [0.05, 0.1) is 10.7 Å². The molecule has 1 heterocycles. The predicted molar refractivity (Wildman–Crippen MR) is 88.6 cm³/mol. The highest BCUT2D eigenvalue weighted by molar-refractivity contribution is 7.91. The number of nitrogens with zero attached hydrogens (tertiary/aromatic N) is 1. The topological polar surface area (TPSA) is 85.1 Å². The van der Waals surface area contributed by atoms with Crippen molar-refractivity contribution >= 4 is 33.8 Å². The molecule has 8 heteroatoms. The van der Waals surface area contributed by atoms with E-state index in [0.717, 1.165) is 17.8 Å². The average Bonchev–Trinajstić information content (AvgIpc) is 2.77. The van der Waals surface area contributed by atoms with E-state index in [1.807, 2.05) is 6.92 Å². The third kappa shape index (κ3) is 4.63. The quantitative estimate of drug-likeness (QED) is 0.850. The molecular weight excluding hydrogens is 330 g/mol. The molecule has 0 radical (unpaired) electrons. The van der Waals surface area contributed by atoms with Gasteiger partial charge in [0.2, 0.25) is 0 Å². The Balaban J connectivity index is 0.00000220. The number of sulfonamides is 1. The van der Waals surface area contributed by atoms with Crippen LogP contribution in [-0.4, -0.2) is 26.0 Å². The Morgan fingerprint density at radius 1 is 1.33 bits per heavy atom. The summed E-state index contributed by atoms with van der Waals surface area (Å²) in [4.78, 5) is 4.19. The van der Waals surface area contributed by atoms with Crippen LogP contribution >= 0.6 is 23.7 Å². The van der Waals surface area contributed by atoms with Gasteiger partial charge < -0.3 is 5.73 Å². The summed E-state index contributed by atoms with van der Waals surface area (Å²) >= 11 is 1.22. The minimum absolute atomic E-state index is 0. The Morgan fingerprint density at radius 3 is 2.43 bits per heavy atom. The molecule has 1 aliphatic rings. The van der Waals surface area contributed by atoms with E-state index in [-0.39, 0.29) is 18.4 Å². The largest absolute Gasteiger partial charge is 0.329 e. The maximum absolute atomic E-state index is 12.5. The van der Waals surface area contributed by atoms with Crippen LogP contribution in [0.4, 0.5) is 0 Å². The van der Waals surface area contributed by atoms with Gasteiger partial charge in [0.25, 0.3) is 10.0 Å². The molecule has 0 saturated heterocycles. The van der Waals surface area contributed by atoms with Gasteiger partial charge in [-0.25, -0.2) is 18.1 Å². The highest BCUT2D eigenvalue weighted by Crippen LogP contribution is 2.28. The maximum Gasteiger partial charge on any atom is 0.252 e. The molecule has 1 saturated carbocycles. The summed E-state index contributed by atoms with van der Waals surface area (Å²) < 4.78 is 28.1. The van der Waals surface area contributed by atoms with E-state index in [1.165, 1.54) is 30.6 Å². The van der Waals surface area contributed by atoms with E-state index in [2.05, 4.69) is 9.71 Å². The van der Waals surface area contributed by atoms with Gasteiger partial charge in [0.15, 0.2) is 4.21 Å². The molecule has 3 N–H and O–H groups in total. The third-order valence-corrected chi connectivity index (χ3v) is 7.06. The van der Waals surface area contributed by atoms with E-state index < -0.39 is 10.0 Å². The highest BCUT2D eigenvalue weighted by Gasteiger charge is 2.29. The second-order valence-corrected chi connectivity index (χ2v) is 8.58. The lowest BCUT2D eigenvalue weighted by molar-refractivity contribution is 0.294. The van der Waals surface area contributed by atoms with Crippen LogP contribution in [0.25, 0.3) is 0 Å². The summed E-state index contributed by atoms with van der Waals surface area (Å²) in [6.07, 6.45) is 5.70. The molecule has 1 fully saturated rings. The van der Waals surface area contributed by atoms with Crippen LogP contribution < -0.4 is 10.5 Å². The van der Waals surface area contributed by atoms with Crippen molar-refractivity contribution in [3.8, 4) is 0 Å². The lowest BCUT2D eigenvalue weighted by Crippen LogP contribution is -2.45. The van der Waals surface area contributed by atoms with Gasteiger partial charge in [-0.1, -0.05) is 19.3 Å². The molecule has 0 amide bonds. The van der Waals surface area contributed by atoms with Crippen LogP contribution in [-0.2, 0) is 10.0 Å². The van der Waals surface area contributed by atoms with Crippen LogP contribution in [0.2, 0.25) is 0 Å². The van der Waals surface area contributed by atoms with Gasteiger partial charge in [-0.3, -0.25) is 0 Å². The molecule has 1 unspecified atom stereocenters. The first-order valence-corrected chi connectivity index (χ1v) is 9.40. The SMILES string of the molecule is Cc1nc(C)c(S(=O)(=O)NC(CN)C2CCCCC2)s1.Cl. The summed E-state index contributed by atoms with van der Waals surface area (Å²) in [5.41, 5.74) is 6.36. The van der Waals surface area contributed by atoms with Crippen molar-refractivity contribution in [2.45, 2.75) is 56.2 Å². The van der Waals surface area contributed by atoms with Crippen LogP contribution in [0.5, 0.6) is 0 Å². The van der Waals surface area contributed by atoms with Crippen LogP contribution in [0.1, 0.15) is 42.8 Å². The molecule has 1 aromatic heterocycles. The van der Waals surface area contributed by atoms with Crippen molar-refractivity contribution in [3.63, 3.8) is 0 Å². The van der Waals surface area contributed by atoms with Crippen molar-refractivity contribution in [1.29, 1.82) is 0 Å². The summed E-state index contributed by atoms with van der Waals surface area (Å²) in [7, 11) is -3.50. The Morgan fingerprint density at radius 2 is 1.95 bits per heavy atom. The number of nitrogens with two attached hydrogens (primary N) is 1. The molecule has 0 bridgehead atoms. The number of hydrogen-bond donors (Lipinski definition) is 2. The molecule has 1 aliphatic carbocycles.